The normalized spacial score (nSPS) is 9.95. The molecule has 0 aromatic heterocycles. The summed E-state index contributed by atoms with van der Waals surface area (Å²) >= 11 is 0. The van der Waals surface area contributed by atoms with E-state index in [1.807, 2.05) is 13.8 Å². The molecule has 1 aromatic carbocycles. The molecule has 22 heavy (non-hydrogen) atoms. The summed E-state index contributed by atoms with van der Waals surface area (Å²) in [6.45, 7) is 7.50. The van der Waals surface area contributed by atoms with E-state index in [9.17, 15) is 9.59 Å². The monoisotopic (exact) mass is 308 g/mol. The summed E-state index contributed by atoms with van der Waals surface area (Å²) in [6, 6.07) is 6.46. The number of rotatable bonds is 7. The van der Waals surface area contributed by atoms with Crippen LogP contribution >= 0.6 is 0 Å². The highest BCUT2D eigenvalue weighted by atomic mass is 16.7. The zero-order chi connectivity index (χ0) is 16.4. The average molecular weight is 308 g/mol. The van der Waals surface area contributed by atoms with Gasteiger partial charge in [-0.05, 0) is 44.0 Å². The molecule has 1 rings (SSSR count). The van der Waals surface area contributed by atoms with Crippen LogP contribution in [0.25, 0.3) is 0 Å². The number of carbonyl (C=O) groups is 2. The standard InChI is InChI=1S/C16H24N2O4/c1-4-11-18(12-5-2)15(19)17-13-7-9-14(10-8-13)22-16(20)21-6-3/h7-10H,4-6,11-12H2,1-3H3,(H,17,19). The third kappa shape index (κ3) is 6.03. The van der Waals surface area contributed by atoms with Crippen molar-refractivity contribution in [3.63, 3.8) is 0 Å². The molecule has 2 amide bonds. The fourth-order valence-electron chi connectivity index (χ4n) is 1.91. The third-order valence-corrected chi connectivity index (χ3v) is 2.84. The van der Waals surface area contributed by atoms with E-state index in [0.29, 0.717) is 11.4 Å². The number of nitrogens with one attached hydrogen (secondary N) is 1. The van der Waals surface area contributed by atoms with Crippen LogP contribution in [0.3, 0.4) is 0 Å². The highest BCUT2D eigenvalue weighted by Crippen LogP contribution is 2.16. The van der Waals surface area contributed by atoms with E-state index in [4.69, 9.17) is 4.74 Å². The quantitative estimate of drug-likeness (QED) is 0.613. The maximum absolute atomic E-state index is 12.1. The molecule has 0 bridgehead atoms. The Bertz CT molecular complexity index is 468. The summed E-state index contributed by atoms with van der Waals surface area (Å²) in [6.07, 6.45) is 1.09. The summed E-state index contributed by atoms with van der Waals surface area (Å²) < 4.78 is 9.64. The van der Waals surface area contributed by atoms with E-state index >= 15 is 0 Å². The van der Waals surface area contributed by atoms with Gasteiger partial charge in [0.05, 0.1) is 6.61 Å². The summed E-state index contributed by atoms with van der Waals surface area (Å²) in [7, 11) is 0. The SMILES string of the molecule is CCCN(CCC)C(=O)Nc1ccc(OC(=O)OCC)cc1. The van der Waals surface area contributed by atoms with Gasteiger partial charge in [0.1, 0.15) is 5.75 Å². The fraction of sp³-hybridized carbons (Fsp3) is 0.500. The first-order valence-electron chi connectivity index (χ1n) is 7.61. The molecule has 0 aliphatic carbocycles. The topological polar surface area (TPSA) is 67.9 Å². The van der Waals surface area contributed by atoms with Crippen molar-refractivity contribution in [2.24, 2.45) is 0 Å². The molecule has 0 saturated heterocycles. The number of hydrogen-bond acceptors (Lipinski definition) is 4. The summed E-state index contributed by atoms with van der Waals surface area (Å²) in [5, 5.41) is 2.83. The smallest absolute Gasteiger partial charge is 0.434 e. The van der Waals surface area contributed by atoms with Crippen LogP contribution in [0.5, 0.6) is 5.75 Å². The Morgan fingerprint density at radius 1 is 1.05 bits per heavy atom. The second-order valence-corrected chi connectivity index (χ2v) is 4.73. The zero-order valence-corrected chi connectivity index (χ0v) is 13.4. The van der Waals surface area contributed by atoms with Crippen molar-refractivity contribution in [2.75, 3.05) is 25.0 Å². The average Bonchev–Trinajstić information content (AvgIpc) is 2.49. The maximum atomic E-state index is 12.1. The minimum absolute atomic E-state index is 0.122. The third-order valence-electron chi connectivity index (χ3n) is 2.84. The van der Waals surface area contributed by atoms with Crippen molar-refractivity contribution in [1.29, 1.82) is 0 Å². The molecular formula is C16H24N2O4. The van der Waals surface area contributed by atoms with E-state index < -0.39 is 6.16 Å². The van der Waals surface area contributed by atoms with Crippen molar-refractivity contribution >= 4 is 17.9 Å². The molecule has 0 aliphatic rings. The van der Waals surface area contributed by atoms with Crippen LogP contribution in [0, 0.1) is 0 Å². The fourth-order valence-corrected chi connectivity index (χ4v) is 1.91. The molecule has 0 unspecified atom stereocenters. The van der Waals surface area contributed by atoms with Gasteiger partial charge in [0.2, 0.25) is 0 Å². The predicted octanol–water partition coefficient (Wildman–Crippen LogP) is 3.88. The lowest BCUT2D eigenvalue weighted by molar-refractivity contribution is 0.104. The number of hydrogen-bond donors (Lipinski definition) is 1. The first-order valence-corrected chi connectivity index (χ1v) is 7.61. The van der Waals surface area contributed by atoms with Gasteiger partial charge in [-0.3, -0.25) is 0 Å². The first-order chi connectivity index (χ1) is 10.6. The zero-order valence-electron chi connectivity index (χ0n) is 13.4. The van der Waals surface area contributed by atoms with E-state index in [-0.39, 0.29) is 12.6 Å². The van der Waals surface area contributed by atoms with Gasteiger partial charge in [-0.2, -0.15) is 0 Å². The van der Waals surface area contributed by atoms with E-state index in [0.717, 1.165) is 25.9 Å². The molecule has 0 spiro atoms. The minimum atomic E-state index is -0.739. The Morgan fingerprint density at radius 3 is 2.14 bits per heavy atom. The van der Waals surface area contributed by atoms with Crippen molar-refractivity contribution in [2.45, 2.75) is 33.6 Å². The lowest BCUT2D eigenvalue weighted by atomic mass is 10.3. The Labute approximate surface area is 131 Å². The second-order valence-electron chi connectivity index (χ2n) is 4.73. The number of urea groups is 1. The first kappa shape index (κ1) is 17.8. The van der Waals surface area contributed by atoms with Crippen molar-refractivity contribution in [3.8, 4) is 5.75 Å². The van der Waals surface area contributed by atoms with Gasteiger partial charge in [-0.25, -0.2) is 9.59 Å². The summed E-state index contributed by atoms with van der Waals surface area (Å²) in [4.78, 5) is 25.1. The number of carbonyl (C=O) groups excluding carboxylic acids is 2. The van der Waals surface area contributed by atoms with E-state index in [1.54, 1.807) is 36.1 Å². The van der Waals surface area contributed by atoms with Crippen molar-refractivity contribution in [1.82, 2.24) is 4.90 Å². The molecule has 6 heteroatoms. The van der Waals surface area contributed by atoms with Crippen molar-refractivity contribution in [3.05, 3.63) is 24.3 Å². The molecule has 0 atom stereocenters. The van der Waals surface area contributed by atoms with Crippen LogP contribution in [-0.2, 0) is 4.74 Å². The molecule has 0 radical (unpaired) electrons. The molecule has 1 aromatic rings. The molecular weight excluding hydrogens is 284 g/mol. The molecule has 6 nitrogen and oxygen atoms in total. The number of amides is 2. The highest BCUT2D eigenvalue weighted by molar-refractivity contribution is 5.89. The lowest BCUT2D eigenvalue weighted by Gasteiger charge is -2.21. The molecule has 0 saturated carbocycles. The van der Waals surface area contributed by atoms with Crippen LogP contribution in [0.4, 0.5) is 15.3 Å². The molecule has 0 heterocycles. The summed E-state index contributed by atoms with van der Waals surface area (Å²) in [5.41, 5.74) is 0.651. The maximum Gasteiger partial charge on any atom is 0.513 e. The Hall–Kier alpha value is -2.24. The minimum Gasteiger partial charge on any atom is -0.434 e. The van der Waals surface area contributed by atoms with Crippen LogP contribution < -0.4 is 10.1 Å². The Morgan fingerprint density at radius 2 is 1.64 bits per heavy atom. The van der Waals surface area contributed by atoms with Gasteiger partial charge in [-0.1, -0.05) is 13.8 Å². The molecule has 1 N–H and O–H groups in total. The Balaban J connectivity index is 2.59. The van der Waals surface area contributed by atoms with Crippen LogP contribution in [0.2, 0.25) is 0 Å². The predicted molar refractivity (Wildman–Crippen MR) is 85.3 cm³/mol. The number of benzene rings is 1. The van der Waals surface area contributed by atoms with Gasteiger partial charge >= 0.3 is 12.2 Å². The van der Waals surface area contributed by atoms with E-state index in [1.165, 1.54) is 0 Å². The van der Waals surface area contributed by atoms with Crippen LogP contribution in [0.15, 0.2) is 24.3 Å². The van der Waals surface area contributed by atoms with Gasteiger partial charge in [0.25, 0.3) is 0 Å². The Kier molecular flexibility index (Phi) is 7.81. The van der Waals surface area contributed by atoms with Gasteiger partial charge in [0, 0.05) is 18.8 Å². The lowest BCUT2D eigenvalue weighted by Crippen LogP contribution is -2.36. The molecule has 0 aliphatic heterocycles. The van der Waals surface area contributed by atoms with Gasteiger partial charge in [0.15, 0.2) is 0 Å². The van der Waals surface area contributed by atoms with Gasteiger partial charge < -0.3 is 19.7 Å². The number of nitrogens with zero attached hydrogens (tertiary/aromatic N) is 1. The largest absolute Gasteiger partial charge is 0.513 e. The number of anilines is 1. The molecule has 122 valence electrons. The van der Waals surface area contributed by atoms with Crippen molar-refractivity contribution < 1.29 is 19.1 Å². The van der Waals surface area contributed by atoms with Gasteiger partial charge in [-0.15, -0.1) is 0 Å². The molecule has 0 fully saturated rings. The second kappa shape index (κ2) is 9.65. The number of ether oxygens (including phenoxy) is 2. The van der Waals surface area contributed by atoms with Crippen LogP contribution in [0.1, 0.15) is 33.6 Å². The van der Waals surface area contributed by atoms with Crippen LogP contribution in [-0.4, -0.2) is 36.8 Å². The summed E-state index contributed by atoms with van der Waals surface area (Å²) in [5.74, 6) is 0.371. The highest BCUT2D eigenvalue weighted by Gasteiger charge is 2.12. The van der Waals surface area contributed by atoms with E-state index in [2.05, 4.69) is 10.1 Å².